The van der Waals surface area contributed by atoms with Crippen LogP contribution in [0.1, 0.15) is 22.0 Å². The molecule has 1 saturated heterocycles. The first kappa shape index (κ1) is 20.9. The molecule has 0 saturated carbocycles. The highest BCUT2D eigenvalue weighted by Gasteiger charge is 2.27. The molecule has 1 fully saturated rings. The predicted molar refractivity (Wildman–Crippen MR) is 125 cm³/mol. The predicted octanol–water partition coefficient (Wildman–Crippen LogP) is 3.96. The molecule has 166 valence electrons. The molecule has 33 heavy (non-hydrogen) atoms. The lowest BCUT2D eigenvalue weighted by Crippen LogP contribution is -2.49. The molecule has 2 heterocycles. The Morgan fingerprint density at radius 1 is 0.818 bits per heavy atom. The smallest absolute Gasteiger partial charge is 0.293 e. The number of benzene rings is 3. The van der Waals surface area contributed by atoms with Crippen molar-refractivity contribution in [1.82, 2.24) is 19.7 Å². The molecule has 0 spiro atoms. The molecule has 6 nitrogen and oxygen atoms in total. The zero-order chi connectivity index (χ0) is 22.6. The van der Waals surface area contributed by atoms with E-state index in [-0.39, 0.29) is 17.5 Å². The summed E-state index contributed by atoms with van der Waals surface area (Å²) in [6.45, 7) is 2.09. The van der Waals surface area contributed by atoms with Crippen LogP contribution >= 0.6 is 0 Å². The van der Waals surface area contributed by atoms with E-state index in [2.05, 4.69) is 10.1 Å². The number of amides is 1. The van der Waals surface area contributed by atoms with E-state index in [0.29, 0.717) is 44.1 Å². The minimum Gasteiger partial charge on any atom is -0.366 e. The fourth-order valence-electron chi connectivity index (χ4n) is 4.10. The van der Waals surface area contributed by atoms with Crippen LogP contribution in [0.3, 0.4) is 0 Å². The zero-order valence-corrected chi connectivity index (χ0v) is 18.1. The second kappa shape index (κ2) is 9.24. The van der Waals surface area contributed by atoms with Crippen LogP contribution in [0, 0.1) is 5.82 Å². The van der Waals surface area contributed by atoms with Gasteiger partial charge in [0.05, 0.1) is 11.4 Å². The van der Waals surface area contributed by atoms with Crippen molar-refractivity contribution in [3.8, 4) is 5.69 Å². The van der Waals surface area contributed by atoms with E-state index in [1.807, 2.05) is 71.6 Å². The molecule has 3 aromatic carbocycles. The maximum absolute atomic E-state index is 14.1. The Hall–Kier alpha value is -4.00. The van der Waals surface area contributed by atoms with Gasteiger partial charge in [-0.1, -0.05) is 60.7 Å². The first-order valence-electron chi connectivity index (χ1n) is 11.0. The molecule has 4 aromatic rings. The summed E-state index contributed by atoms with van der Waals surface area (Å²) in [6, 6.07) is 26.5. The molecule has 1 aromatic heterocycles. The number of para-hydroxylation sites is 2. The van der Waals surface area contributed by atoms with Gasteiger partial charge in [-0.3, -0.25) is 4.79 Å². The van der Waals surface area contributed by atoms with Gasteiger partial charge in [0.25, 0.3) is 5.91 Å². The zero-order valence-electron chi connectivity index (χ0n) is 18.1. The van der Waals surface area contributed by atoms with Crippen molar-refractivity contribution in [2.45, 2.75) is 6.42 Å². The van der Waals surface area contributed by atoms with E-state index in [1.165, 1.54) is 6.07 Å². The maximum Gasteiger partial charge on any atom is 0.293 e. The van der Waals surface area contributed by atoms with Crippen LogP contribution in [0.2, 0.25) is 0 Å². The average Bonchev–Trinajstić information content (AvgIpc) is 3.29. The summed E-state index contributed by atoms with van der Waals surface area (Å²) in [6.07, 6.45) is 0.567. The summed E-state index contributed by atoms with van der Waals surface area (Å²) >= 11 is 0. The van der Waals surface area contributed by atoms with E-state index in [0.717, 1.165) is 11.3 Å². The molecule has 1 amide bonds. The van der Waals surface area contributed by atoms with E-state index in [1.54, 1.807) is 21.7 Å². The van der Waals surface area contributed by atoms with E-state index in [9.17, 15) is 9.18 Å². The van der Waals surface area contributed by atoms with Gasteiger partial charge in [-0.2, -0.15) is 0 Å². The van der Waals surface area contributed by atoms with Crippen molar-refractivity contribution >= 4 is 11.6 Å². The molecular formula is C26H24FN5O. The fraction of sp³-hybridized carbons (Fsp3) is 0.192. The molecule has 1 aliphatic rings. The molecule has 0 atom stereocenters. The Labute approximate surface area is 191 Å². The molecule has 0 unspecified atom stereocenters. The first-order chi connectivity index (χ1) is 16.2. The Morgan fingerprint density at radius 2 is 1.45 bits per heavy atom. The number of halogens is 1. The quantitative estimate of drug-likeness (QED) is 0.471. The van der Waals surface area contributed by atoms with Crippen molar-refractivity contribution in [3.05, 3.63) is 108 Å². The number of carbonyl (C=O) groups excluding carboxylic acids is 1. The first-order valence-corrected chi connectivity index (χ1v) is 11.0. The molecule has 1 aliphatic heterocycles. The van der Waals surface area contributed by atoms with Gasteiger partial charge in [0.1, 0.15) is 11.6 Å². The number of anilines is 1. The maximum atomic E-state index is 14.1. The van der Waals surface area contributed by atoms with Crippen LogP contribution in [0.15, 0.2) is 84.9 Å². The number of carbonyl (C=O) groups is 1. The van der Waals surface area contributed by atoms with E-state index >= 15 is 0 Å². The number of rotatable bonds is 5. The Morgan fingerprint density at radius 3 is 2.15 bits per heavy atom. The molecule has 5 rings (SSSR count). The molecular weight excluding hydrogens is 417 g/mol. The largest absolute Gasteiger partial charge is 0.366 e. The lowest BCUT2D eigenvalue weighted by atomic mass is 10.1. The summed E-state index contributed by atoms with van der Waals surface area (Å²) in [5, 5.41) is 4.58. The van der Waals surface area contributed by atoms with Crippen molar-refractivity contribution in [2.75, 3.05) is 31.1 Å². The van der Waals surface area contributed by atoms with Gasteiger partial charge in [-0.15, -0.1) is 5.10 Å². The number of hydrogen-bond acceptors (Lipinski definition) is 4. The third kappa shape index (κ3) is 4.48. The third-order valence-corrected chi connectivity index (χ3v) is 5.83. The second-order valence-electron chi connectivity index (χ2n) is 7.99. The van der Waals surface area contributed by atoms with Crippen LogP contribution in [0.25, 0.3) is 5.69 Å². The average molecular weight is 442 g/mol. The highest BCUT2D eigenvalue weighted by atomic mass is 19.1. The van der Waals surface area contributed by atoms with Gasteiger partial charge in [0.15, 0.2) is 0 Å². The number of nitrogens with zero attached hydrogens (tertiary/aromatic N) is 5. The van der Waals surface area contributed by atoms with Crippen LogP contribution in [0.4, 0.5) is 10.1 Å². The summed E-state index contributed by atoms with van der Waals surface area (Å²) < 4.78 is 15.9. The second-order valence-corrected chi connectivity index (χ2v) is 7.99. The van der Waals surface area contributed by atoms with E-state index < -0.39 is 0 Å². The SMILES string of the molecule is O=C(c1nc(Cc2ccccc2)n(-c2ccccc2)n1)N1CCN(c2ccccc2F)CC1. The molecule has 7 heteroatoms. The Balaban J connectivity index is 1.37. The van der Waals surface area contributed by atoms with Gasteiger partial charge in [-0.25, -0.2) is 14.1 Å². The van der Waals surface area contributed by atoms with Crippen LogP contribution < -0.4 is 4.90 Å². The van der Waals surface area contributed by atoms with Gasteiger partial charge in [0, 0.05) is 32.6 Å². The van der Waals surface area contributed by atoms with Gasteiger partial charge in [-0.05, 0) is 29.8 Å². The van der Waals surface area contributed by atoms with Crippen molar-refractivity contribution in [2.24, 2.45) is 0 Å². The van der Waals surface area contributed by atoms with Gasteiger partial charge in [0.2, 0.25) is 5.82 Å². The van der Waals surface area contributed by atoms with Gasteiger partial charge >= 0.3 is 0 Å². The highest BCUT2D eigenvalue weighted by Crippen LogP contribution is 2.21. The summed E-state index contributed by atoms with van der Waals surface area (Å²) in [4.78, 5) is 21.6. The summed E-state index contributed by atoms with van der Waals surface area (Å²) in [5.41, 5.74) is 2.53. The summed E-state index contributed by atoms with van der Waals surface area (Å²) in [5.74, 6) is 0.447. The molecule has 0 aliphatic carbocycles. The highest BCUT2D eigenvalue weighted by molar-refractivity contribution is 5.90. The third-order valence-electron chi connectivity index (χ3n) is 5.83. The minimum absolute atomic E-state index is 0.184. The van der Waals surface area contributed by atoms with Gasteiger partial charge < -0.3 is 9.80 Å². The van der Waals surface area contributed by atoms with Crippen molar-refractivity contribution in [3.63, 3.8) is 0 Å². The molecule has 0 N–H and O–H groups in total. The normalized spacial score (nSPS) is 13.8. The number of piperazine rings is 1. The molecule has 0 radical (unpaired) electrons. The lowest BCUT2D eigenvalue weighted by molar-refractivity contribution is 0.0734. The standard InChI is InChI=1S/C26H24FN5O/c27-22-13-7-8-14-23(22)30-15-17-31(18-16-30)26(33)25-28-24(19-20-9-3-1-4-10-20)32(29-25)21-11-5-2-6-12-21/h1-14H,15-19H2. The molecule has 0 bridgehead atoms. The number of hydrogen-bond donors (Lipinski definition) is 0. The fourth-order valence-corrected chi connectivity index (χ4v) is 4.10. The Kier molecular flexibility index (Phi) is 5.85. The van der Waals surface area contributed by atoms with Crippen molar-refractivity contribution in [1.29, 1.82) is 0 Å². The van der Waals surface area contributed by atoms with Crippen LogP contribution in [0.5, 0.6) is 0 Å². The lowest BCUT2D eigenvalue weighted by Gasteiger charge is -2.35. The van der Waals surface area contributed by atoms with Crippen LogP contribution in [-0.2, 0) is 6.42 Å². The minimum atomic E-state index is -0.244. The monoisotopic (exact) mass is 441 g/mol. The topological polar surface area (TPSA) is 54.3 Å². The van der Waals surface area contributed by atoms with Crippen molar-refractivity contribution < 1.29 is 9.18 Å². The van der Waals surface area contributed by atoms with E-state index in [4.69, 9.17) is 0 Å². The number of aromatic nitrogens is 3. The Bertz CT molecular complexity index is 1230. The summed E-state index contributed by atoms with van der Waals surface area (Å²) in [7, 11) is 0. The van der Waals surface area contributed by atoms with Crippen LogP contribution in [-0.4, -0.2) is 51.8 Å².